The summed E-state index contributed by atoms with van der Waals surface area (Å²) in [5, 5.41) is 3.59. The van der Waals surface area contributed by atoms with Gasteiger partial charge in [-0.2, -0.15) is 0 Å². The molecule has 0 saturated carbocycles. The van der Waals surface area contributed by atoms with Gasteiger partial charge in [-0.25, -0.2) is 0 Å². The molecule has 1 rings (SSSR count). The van der Waals surface area contributed by atoms with E-state index in [1.54, 1.807) is 0 Å². The number of nitrogens with zero attached hydrogens (tertiary/aromatic N) is 1. The summed E-state index contributed by atoms with van der Waals surface area (Å²) in [6.45, 7) is 6.68. The maximum Gasteiger partial charge on any atom is 0.0315 e. The molecule has 2 nitrogen and oxygen atoms in total. The van der Waals surface area contributed by atoms with Gasteiger partial charge in [0.15, 0.2) is 0 Å². The molecule has 0 aliphatic heterocycles. The Bertz CT molecular complexity index is 258. The lowest BCUT2D eigenvalue weighted by atomic mass is 10.1. The lowest BCUT2D eigenvalue weighted by Crippen LogP contribution is -2.28. The van der Waals surface area contributed by atoms with E-state index in [4.69, 9.17) is 0 Å². The Kier molecular flexibility index (Phi) is 5.33. The van der Waals surface area contributed by atoms with Crippen LogP contribution in [0.1, 0.15) is 51.6 Å². The van der Waals surface area contributed by atoms with Gasteiger partial charge in [0, 0.05) is 24.5 Å². The topological polar surface area (TPSA) is 24.9 Å². The smallest absolute Gasteiger partial charge is 0.0315 e. The van der Waals surface area contributed by atoms with Gasteiger partial charge in [0.1, 0.15) is 0 Å². The molecule has 15 heavy (non-hydrogen) atoms. The first-order valence-electron chi connectivity index (χ1n) is 5.90. The fraction of sp³-hybridized carbons (Fsp3) is 0.615. The first-order valence-corrected chi connectivity index (χ1v) is 5.90. The number of unbranched alkanes of at least 4 members (excludes halogenated alkanes) is 1. The molecule has 2 atom stereocenters. The third kappa shape index (κ3) is 4.43. The van der Waals surface area contributed by atoms with Crippen LogP contribution in [0.5, 0.6) is 0 Å². The Balaban J connectivity index is 2.38. The molecule has 0 amide bonds. The predicted molar refractivity (Wildman–Crippen MR) is 64.8 cm³/mol. The Labute approximate surface area is 93.1 Å². The summed E-state index contributed by atoms with van der Waals surface area (Å²) in [6.07, 6.45) is 7.57. The summed E-state index contributed by atoms with van der Waals surface area (Å²) in [6, 6.07) is 5.09. The number of rotatable bonds is 6. The Morgan fingerprint density at radius 2 is 2.20 bits per heavy atom. The number of hydrogen-bond donors (Lipinski definition) is 1. The second-order valence-electron chi connectivity index (χ2n) is 4.22. The molecule has 0 saturated heterocycles. The summed E-state index contributed by atoms with van der Waals surface area (Å²) in [5.41, 5.74) is 1.26. The average Bonchev–Trinajstić information content (AvgIpc) is 2.27. The molecule has 0 aromatic carbocycles. The minimum atomic E-state index is 0.394. The molecule has 0 bridgehead atoms. The zero-order valence-corrected chi connectivity index (χ0v) is 10.0. The minimum absolute atomic E-state index is 0.394. The van der Waals surface area contributed by atoms with Crippen molar-refractivity contribution in [1.29, 1.82) is 0 Å². The molecule has 1 N–H and O–H groups in total. The molecule has 1 heterocycles. The van der Waals surface area contributed by atoms with E-state index in [0.717, 1.165) is 0 Å². The molecular formula is C13H22N2. The molecule has 1 aromatic rings. The molecule has 0 aliphatic carbocycles. The van der Waals surface area contributed by atoms with Crippen molar-refractivity contribution in [3.63, 3.8) is 0 Å². The van der Waals surface area contributed by atoms with Gasteiger partial charge in [0.2, 0.25) is 0 Å². The maximum absolute atomic E-state index is 4.14. The van der Waals surface area contributed by atoms with Crippen LogP contribution in [0.15, 0.2) is 24.5 Å². The van der Waals surface area contributed by atoms with E-state index in [0.29, 0.717) is 12.1 Å². The molecule has 0 fully saturated rings. The highest BCUT2D eigenvalue weighted by molar-refractivity contribution is 5.12. The van der Waals surface area contributed by atoms with Crippen LogP contribution in [0.3, 0.4) is 0 Å². The second kappa shape index (κ2) is 6.57. The number of nitrogens with one attached hydrogen (secondary N) is 1. The number of aromatic nitrogens is 1. The van der Waals surface area contributed by atoms with Crippen molar-refractivity contribution in [3.8, 4) is 0 Å². The molecule has 1 unspecified atom stereocenters. The van der Waals surface area contributed by atoms with Gasteiger partial charge >= 0.3 is 0 Å². The highest BCUT2D eigenvalue weighted by atomic mass is 14.9. The van der Waals surface area contributed by atoms with Crippen molar-refractivity contribution >= 4 is 0 Å². The zero-order chi connectivity index (χ0) is 11.1. The second-order valence-corrected chi connectivity index (χ2v) is 4.22. The van der Waals surface area contributed by atoms with Gasteiger partial charge in [0.25, 0.3) is 0 Å². The summed E-state index contributed by atoms with van der Waals surface area (Å²) in [7, 11) is 0. The van der Waals surface area contributed by atoms with E-state index in [-0.39, 0.29) is 0 Å². The SMILES string of the molecule is CCCCC(C)N[C@@H](C)c1cccnc1. The zero-order valence-electron chi connectivity index (χ0n) is 10.0. The standard InChI is InChI=1S/C13H22N2/c1-4-5-7-11(2)15-12(3)13-8-6-9-14-10-13/h6,8-12,15H,4-5,7H2,1-3H3/t11?,12-/m0/s1. The number of pyridine rings is 1. The quantitative estimate of drug-likeness (QED) is 0.772. The van der Waals surface area contributed by atoms with Gasteiger partial charge in [-0.15, -0.1) is 0 Å². The third-order valence-electron chi connectivity index (χ3n) is 2.71. The van der Waals surface area contributed by atoms with Gasteiger partial charge in [-0.1, -0.05) is 25.8 Å². The minimum Gasteiger partial charge on any atom is -0.308 e. The van der Waals surface area contributed by atoms with Crippen LogP contribution in [-0.2, 0) is 0 Å². The Morgan fingerprint density at radius 3 is 2.80 bits per heavy atom. The fourth-order valence-electron chi connectivity index (χ4n) is 1.75. The van der Waals surface area contributed by atoms with Gasteiger partial charge < -0.3 is 5.32 Å². The summed E-state index contributed by atoms with van der Waals surface area (Å²) < 4.78 is 0. The van der Waals surface area contributed by atoms with E-state index in [2.05, 4.69) is 37.1 Å². The highest BCUT2D eigenvalue weighted by Crippen LogP contribution is 2.12. The Morgan fingerprint density at radius 1 is 1.40 bits per heavy atom. The van der Waals surface area contributed by atoms with Crippen LogP contribution in [-0.4, -0.2) is 11.0 Å². The van der Waals surface area contributed by atoms with Crippen LogP contribution in [0, 0.1) is 0 Å². The molecule has 0 radical (unpaired) electrons. The molecule has 1 aromatic heterocycles. The third-order valence-corrected chi connectivity index (χ3v) is 2.71. The van der Waals surface area contributed by atoms with E-state index < -0.39 is 0 Å². The number of hydrogen-bond acceptors (Lipinski definition) is 2. The van der Waals surface area contributed by atoms with E-state index in [1.807, 2.05) is 18.5 Å². The lowest BCUT2D eigenvalue weighted by Gasteiger charge is -2.19. The molecule has 0 aliphatic rings. The predicted octanol–water partition coefficient (Wildman–Crippen LogP) is 3.31. The van der Waals surface area contributed by atoms with Gasteiger partial charge in [-0.05, 0) is 31.9 Å². The lowest BCUT2D eigenvalue weighted by molar-refractivity contribution is 0.444. The maximum atomic E-state index is 4.14. The normalized spacial score (nSPS) is 14.9. The largest absolute Gasteiger partial charge is 0.308 e. The van der Waals surface area contributed by atoms with Crippen LogP contribution >= 0.6 is 0 Å². The molecule has 84 valence electrons. The summed E-state index contributed by atoms with van der Waals surface area (Å²) in [5.74, 6) is 0. The van der Waals surface area contributed by atoms with Crippen molar-refractivity contribution < 1.29 is 0 Å². The Hall–Kier alpha value is -0.890. The molecule has 0 spiro atoms. The molecule has 2 heteroatoms. The monoisotopic (exact) mass is 206 g/mol. The first-order chi connectivity index (χ1) is 7.24. The van der Waals surface area contributed by atoms with E-state index >= 15 is 0 Å². The van der Waals surface area contributed by atoms with Crippen LogP contribution in [0.4, 0.5) is 0 Å². The average molecular weight is 206 g/mol. The van der Waals surface area contributed by atoms with Crippen molar-refractivity contribution in [1.82, 2.24) is 10.3 Å². The van der Waals surface area contributed by atoms with Gasteiger partial charge in [0.05, 0.1) is 0 Å². The van der Waals surface area contributed by atoms with Crippen molar-refractivity contribution in [2.75, 3.05) is 0 Å². The van der Waals surface area contributed by atoms with E-state index in [1.165, 1.54) is 24.8 Å². The van der Waals surface area contributed by atoms with Crippen molar-refractivity contribution in [2.45, 2.75) is 52.1 Å². The van der Waals surface area contributed by atoms with E-state index in [9.17, 15) is 0 Å². The highest BCUT2D eigenvalue weighted by Gasteiger charge is 2.08. The van der Waals surface area contributed by atoms with Gasteiger partial charge in [-0.3, -0.25) is 4.98 Å². The first kappa shape index (κ1) is 12.2. The van der Waals surface area contributed by atoms with Crippen molar-refractivity contribution in [2.24, 2.45) is 0 Å². The van der Waals surface area contributed by atoms with Crippen LogP contribution < -0.4 is 5.32 Å². The van der Waals surface area contributed by atoms with Crippen LogP contribution in [0.25, 0.3) is 0 Å². The van der Waals surface area contributed by atoms with Crippen molar-refractivity contribution in [3.05, 3.63) is 30.1 Å². The van der Waals surface area contributed by atoms with Crippen LogP contribution in [0.2, 0.25) is 0 Å². The summed E-state index contributed by atoms with van der Waals surface area (Å²) in [4.78, 5) is 4.14. The fourth-order valence-corrected chi connectivity index (χ4v) is 1.75. The summed E-state index contributed by atoms with van der Waals surface area (Å²) >= 11 is 0. The molecular weight excluding hydrogens is 184 g/mol.